The van der Waals surface area contributed by atoms with Gasteiger partial charge >= 0.3 is 0 Å². The van der Waals surface area contributed by atoms with E-state index in [-0.39, 0.29) is 5.41 Å². The van der Waals surface area contributed by atoms with Crippen molar-refractivity contribution >= 4 is 17.4 Å². The van der Waals surface area contributed by atoms with Crippen molar-refractivity contribution in [3.05, 3.63) is 46.5 Å². The zero-order chi connectivity index (χ0) is 12.3. The summed E-state index contributed by atoms with van der Waals surface area (Å²) < 4.78 is 0. The van der Waals surface area contributed by atoms with Gasteiger partial charge in [0.1, 0.15) is 5.78 Å². The summed E-state index contributed by atoms with van der Waals surface area (Å²) >= 11 is 6.17. The predicted molar refractivity (Wildman–Crippen MR) is 71.8 cm³/mol. The Morgan fingerprint density at radius 3 is 2.89 bits per heavy atom. The Labute approximate surface area is 112 Å². The Kier molecular flexibility index (Phi) is 2.09. The van der Waals surface area contributed by atoms with Crippen LogP contribution >= 0.6 is 11.6 Å². The molecule has 0 saturated heterocycles. The molecule has 3 aliphatic carbocycles. The van der Waals surface area contributed by atoms with E-state index >= 15 is 0 Å². The Morgan fingerprint density at radius 2 is 2.17 bits per heavy atom. The molecule has 1 saturated carbocycles. The lowest BCUT2D eigenvalue weighted by atomic mass is 9.63. The highest BCUT2D eigenvalue weighted by Gasteiger charge is 2.52. The molecule has 0 aromatic heterocycles. The first-order valence-corrected chi connectivity index (χ1v) is 7.04. The van der Waals surface area contributed by atoms with Crippen LogP contribution in [-0.2, 0) is 16.6 Å². The fraction of sp³-hybridized carbons (Fsp3) is 0.438. The number of benzene rings is 1. The summed E-state index contributed by atoms with van der Waals surface area (Å²) in [4.78, 5) is 12.1. The molecule has 2 heteroatoms. The SMILES string of the molecule is O=C1Cc2ccc(Cl)cc2C2(C1)CC1C=CC2C1. The molecule has 4 rings (SSSR count). The van der Waals surface area contributed by atoms with Gasteiger partial charge in [0, 0.05) is 23.3 Å². The molecule has 3 unspecified atom stereocenters. The molecule has 0 aliphatic heterocycles. The van der Waals surface area contributed by atoms with Gasteiger partial charge in [-0.25, -0.2) is 0 Å². The van der Waals surface area contributed by atoms with Crippen molar-refractivity contribution in [2.24, 2.45) is 11.8 Å². The summed E-state index contributed by atoms with van der Waals surface area (Å²) in [6.45, 7) is 0. The first-order chi connectivity index (χ1) is 8.67. The normalized spacial score (nSPS) is 36.4. The molecule has 1 fully saturated rings. The topological polar surface area (TPSA) is 17.1 Å². The molecule has 1 nitrogen and oxygen atoms in total. The molecule has 2 bridgehead atoms. The van der Waals surface area contributed by atoms with Gasteiger partial charge in [0.05, 0.1) is 0 Å². The van der Waals surface area contributed by atoms with E-state index < -0.39 is 0 Å². The fourth-order valence-corrected chi connectivity index (χ4v) is 4.53. The van der Waals surface area contributed by atoms with Gasteiger partial charge in [-0.05, 0) is 47.9 Å². The Morgan fingerprint density at radius 1 is 1.28 bits per heavy atom. The first-order valence-electron chi connectivity index (χ1n) is 6.66. The highest BCUT2D eigenvalue weighted by molar-refractivity contribution is 6.30. The van der Waals surface area contributed by atoms with E-state index in [1.807, 2.05) is 12.1 Å². The highest BCUT2D eigenvalue weighted by Crippen LogP contribution is 2.57. The minimum absolute atomic E-state index is 0.0645. The number of carbonyl (C=O) groups excluding carboxylic acids is 1. The van der Waals surface area contributed by atoms with Gasteiger partial charge in [0.25, 0.3) is 0 Å². The Hall–Kier alpha value is -1.08. The third-order valence-electron chi connectivity index (χ3n) is 5.02. The second-order valence-electron chi connectivity index (χ2n) is 6.04. The van der Waals surface area contributed by atoms with Gasteiger partial charge in [-0.1, -0.05) is 29.8 Å². The Bertz CT molecular complexity index is 574. The molecule has 1 aromatic carbocycles. The van der Waals surface area contributed by atoms with Gasteiger partial charge < -0.3 is 0 Å². The van der Waals surface area contributed by atoms with Crippen LogP contribution in [0.5, 0.6) is 0 Å². The minimum atomic E-state index is 0.0645. The number of allylic oxidation sites excluding steroid dienone is 2. The third kappa shape index (κ3) is 1.31. The van der Waals surface area contributed by atoms with Gasteiger partial charge in [-0.2, -0.15) is 0 Å². The third-order valence-corrected chi connectivity index (χ3v) is 5.25. The summed E-state index contributed by atoms with van der Waals surface area (Å²) in [5.41, 5.74) is 2.62. The van der Waals surface area contributed by atoms with E-state index in [1.54, 1.807) is 0 Å². The van der Waals surface area contributed by atoms with E-state index in [0.29, 0.717) is 30.5 Å². The summed E-state index contributed by atoms with van der Waals surface area (Å²) in [5.74, 6) is 1.61. The van der Waals surface area contributed by atoms with E-state index in [1.165, 1.54) is 17.5 Å². The molecule has 18 heavy (non-hydrogen) atoms. The predicted octanol–water partition coefficient (Wildman–Crippen LogP) is 3.69. The molecule has 0 N–H and O–H groups in total. The number of rotatable bonds is 0. The molecule has 0 radical (unpaired) electrons. The number of hydrogen-bond acceptors (Lipinski definition) is 1. The molecule has 3 aliphatic rings. The van der Waals surface area contributed by atoms with Crippen LogP contribution in [0.25, 0.3) is 0 Å². The van der Waals surface area contributed by atoms with Gasteiger partial charge in [-0.3, -0.25) is 4.79 Å². The van der Waals surface area contributed by atoms with Crippen molar-refractivity contribution < 1.29 is 4.79 Å². The van der Waals surface area contributed by atoms with Crippen LogP contribution in [0.3, 0.4) is 0 Å². The van der Waals surface area contributed by atoms with Crippen molar-refractivity contribution in [1.29, 1.82) is 0 Å². The zero-order valence-electron chi connectivity index (χ0n) is 10.2. The molecule has 1 aromatic rings. The molecule has 1 spiro atoms. The first kappa shape index (κ1) is 10.8. The van der Waals surface area contributed by atoms with Crippen LogP contribution < -0.4 is 0 Å². The van der Waals surface area contributed by atoms with Crippen LogP contribution in [-0.4, -0.2) is 5.78 Å². The molecule has 0 heterocycles. The van der Waals surface area contributed by atoms with Crippen molar-refractivity contribution in [3.8, 4) is 0 Å². The molecule has 0 amide bonds. The number of Topliss-reactive ketones (excluding diaryl/α,β-unsaturated/α-hetero) is 1. The lowest BCUT2D eigenvalue weighted by Crippen LogP contribution is -2.38. The van der Waals surface area contributed by atoms with Crippen LogP contribution in [0, 0.1) is 11.8 Å². The maximum atomic E-state index is 12.1. The lowest BCUT2D eigenvalue weighted by molar-refractivity contribution is -0.120. The second-order valence-corrected chi connectivity index (χ2v) is 6.48. The number of ketones is 1. The molecule has 3 atom stereocenters. The molecular weight excluding hydrogens is 244 g/mol. The number of halogens is 1. The number of fused-ring (bicyclic) bond motifs is 5. The van der Waals surface area contributed by atoms with E-state index in [4.69, 9.17) is 11.6 Å². The monoisotopic (exact) mass is 258 g/mol. The summed E-state index contributed by atoms with van der Waals surface area (Å²) in [6.07, 6.45) is 8.32. The summed E-state index contributed by atoms with van der Waals surface area (Å²) in [6, 6.07) is 6.07. The van der Waals surface area contributed by atoms with Crippen LogP contribution in [0.2, 0.25) is 5.02 Å². The van der Waals surface area contributed by atoms with E-state index in [0.717, 1.165) is 11.4 Å². The average molecular weight is 259 g/mol. The minimum Gasteiger partial charge on any atom is -0.299 e. The van der Waals surface area contributed by atoms with Crippen molar-refractivity contribution in [2.45, 2.75) is 31.1 Å². The quantitative estimate of drug-likeness (QED) is 0.649. The molecular formula is C16H15ClO. The number of hydrogen-bond donors (Lipinski definition) is 0. The number of carbonyl (C=O) groups is 1. The zero-order valence-corrected chi connectivity index (χ0v) is 10.9. The lowest BCUT2D eigenvalue weighted by Gasteiger charge is -2.40. The second kappa shape index (κ2) is 3.48. The van der Waals surface area contributed by atoms with Crippen LogP contribution in [0.15, 0.2) is 30.4 Å². The smallest absolute Gasteiger partial charge is 0.138 e. The summed E-state index contributed by atoms with van der Waals surface area (Å²) in [5, 5.41) is 0.800. The maximum Gasteiger partial charge on any atom is 0.138 e. The largest absolute Gasteiger partial charge is 0.299 e. The Balaban J connectivity index is 1.93. The standard InChI is InChI=1S/C16H15ClO/c17-13-4-2-11-6-14(18)9-16(15(11)7-13)8-10-1-3-12(16)5-10/h1-4,7,10,12H,5-6,8-9H2. The van der Waals surface area contributed by atoms with E-state index in [2.05, 4.69) is 18.2 Å². The van der Waals surface area contributed by atoms with Crippen molar-refractivity contribution in [2.75, 3.05) is 0 Å². The van der Waals surface area contributed by atoms with Crippen LogP contribution in [0.1, 0.15) is 30.4 Å². The fourth-order valence-electron chi connectivity index (χ4n) is 4.36. The molecule has 92 valence electrons. The van der Waals surface area contributed by atoms with E-state index in [9.17, 15) is 4.79 Å². The maximum absolute atomic E-state index is 12.1. The van der Waals surface area contributed by atoms with Crippen molar-refractivity contribution in [1.82, 2.24) is 0 Å². The van der Waals surface area contributed by atoms with Gasteiger partial charge in [-0.15, -0.1) is 0 Å². The summed E-state index contributed by atoms with van der Waals surface area (Å²) in [7, 11) is 0. The highest BCUT2D eigenvalue weighted by atomic mass is 35.5. The average Bonchev–Trinajstić information content (AvgIpc) is 2.91. The van der Waals surface area contributed by atoms with Crippen LogP contribution in [0.4, 0.5) is 0 Å². The van der Waals surface area contributed by atoms with Crippen molar-refractivity contribution in [3.63, 3.8) is 0 Å². The van der Waals surface area contributed by atoms with Gasteiger partial charge in [0.15, 0.2) is 0 Å². The van der Waals surface area contributed by atoms with Gasteiger partial charge in [0.2, 0.25) is 0 Å².